The lowest BCUT2D eigenvalue weighted by Crippen LogP contribution is -2.17. The third kappa shape index (κ3) is 1.56. The average Bonchev–Trinajstić information content (AvgIpc) is 2.82. The molecule has 15 heavy (non-hydrogen) atoms. The largest absolute Gasteiger partial charge is 0.297 e. The summed E-state index contributed by atoms with van der Waals surface area (Å²) in [6.45, 7) is 1.21. The first kappa shape index (κ1) is 9.31. The molecule has 2 aromatic rings. The quantitative estimate of drug-likeness (QED) is 0.731. The average molecular weight is 218 g/mol. The highest BCUT2D eigenvalue weighted by Crippen LogP contribution is 2.35. The Labute approximate surface area is 93.6 Å². The van der Waals surface area contributed by atoms with Crippen LogP contribution in [0.15, 0.2) is 24.3 Å². The topological polar surface area (TPSA) is 16.1 Å². The van der Waals surface area contributed by atoms with E-state index in [2.05, 4.69) is 36.2 Å². The van der Waals surface area contributed by atoms with Crippen LogP contribution in [0.1, 0.15) is 23.9 Å². The van der Waals surface area contributed by atoms with Crippen LogP contribution in [-0.2, 0) is 0 Å². The van der Waals surface area contributed by atoms with Gasteiger partial charge in [-0.3, -0.25) is 4.90 Å². The predicted octanol–water partition coefficient (Wildman–Crippen LogP) is 3.06. The van der Waals surface area contributed by atoms with E-state index in [4.69, 9.17) is 4.98 Å². The van der Waals surface area contributed by atoms with E-state index in [1.54, 1.807) is 0 Å². The van der Waals surface area contributed by atoms with Gasteiger partial charge in [0.05, 0.1) is 16.3 Å². The molecule has 1 saturated heterocycles. The molecule has 0 aliphatic carbocycles. The monoisotopic (exact) mass is 218 g/mol. The Morgan fingerprint density at radius 2 is 2.27 bits per heavy atom. The number of benzene rings is 1. The first-order chi connectivity index (χ1) is 7.34. The number of nitrogens with zero attached hydrogens (tertiary/aromatic N) is 2. The number of rotatable bonds is 1. The summed E-state index contributed by atoms with van der Waals surface area (Å²) in [5.41, 5.74) is 1.15. The second kappa shape index (κ2) is 3.58. The Bertz CT molecular complexity index is 444. The van der Waals surface area contributed by atoms with Gasteiger partial charge >= 0.3 is 0 Å². The summed E-state index contributed by atoms with van der Waals surface area (Å²) < 4.78 is 1.31. The van der Waals surface area contributed by atoms with Crippen molar-refractivity contribution in [3.63, 3.8) is 0 Å². The number of likely N-dealkylation sites (tertiary alicyclic amines) is 1. The van der Waals surface area contributed by atoms with Crippen LogP contribution in [0.3, 0.4) is 0 Å². The Balaban J connectivity index is 2.04. The molecule has 2 heterocycles. The molecule has 0 saturated carbocycles. The molecule has 1 fully saturated rings. The molecule has 0 bridgehead atoms. The van der Waals surface area contributed by atoms with Gasteiger partial charge in [-0.25, -0.2) is 4.98 Å². The molecule has 0 radical (unpaired) electrons. The van der Waals surface area contributed by atoms with Crippen LogP contribution in [0.5, 0.6) is 0 Å². The first-order valence-electron chi connectivity index (χ1n) is 5.40. The van der Waals surface area contributed by atoms with Crippen LogP contribution in [-0.4, -0.2) is 23.5 Å². The Hall–Kier alpha value is -0.930. The van der Waals surface area contributed by atoms with Crippen molar-refractivity contribution in [3.8, 4) is 0 Å². The van der Waals surface area contributed by atoms with E-state index in [1.165, 1.54) is 29.1 Å². The van der Waals surface area contributed by atoms with Crippen LogP contribution in [0.2, 0.25) is 0 Å². The van der Waals surface area contributed by atoms with Gasteiger partial charge in [0.1, 0.15) is 5.01 Å². The smallest absolute Gasteiger partial charge is 0.111 e. The molecular weight excluding hydrogens is 204 g/mol. The number of fused-ring (bicyclic) bond motifs is 1. The van der Waals surface area contributed by atoms with Gasteiger partial charge < -0.3 is 0 Å². The van der Waals surface area contributed by atoms with E-state index in [-0.39, 0.29) is 0 Å². The van der Waals surface area contributed by atoms with Gasteiger partial charge in [-0.05, 0) is 38.6 Å². The summed E-state index contributed by atoms with van der Waals surface area (Å²) in [6, 6.07) is 8.96. The van der Waals surface area contributed by atoms with Crippen LogP contribution in [0.4, 0.5) is 0 Å². The highest BCUT2D eigenvalue weighted by atomic mass is 32.1. The molecular formula is C12H14N2S. The van der Waals surface area contributed by atoms with Gasteiger partial charge in [-0.1, -0.05) is 12.1 Å². The van der Waals surface area contributed by atoms with Crippen LogP contribution < -0.4 is 0 Å². The lowest BCUT2D eigenvalue weighted by Gasteiger charge is -2.15. The zero-order valence-electron chi connectivity index (χ0n) is 8.81. The standard InChI is InChI=1S/C12H14N2S/c1-14-8-4-6-10(14)12-13-9-5-2-3-7-11(9)15-12/h2-3,5,7,10H,4,6,8H2,1H3. The molecule has 3 heteroatoms. The molecule has 1 atom stereocenters. The minimum atomic E-state index is 0.558. The minimum absolute atomic E-state index is 0.558. The number of hydrogen-bond donors (Lipinski definition) is 0. The molecule has 0 amide bonds. The van der Waals surface area contributed by atoms with Gasteiger partial charge in [0.15, 0.2) is 0 Å². The third-order valence-corrected chi connectivity index (χ3v) is 4.25. The van der Waals surface area contributed by atoms with Crippen molar-refractivity contribution in [2.24, 2.45) is 0 Å². The molecule has 1 aliphatic rings. The van der Waals surface area contributed by atoms with Crippen molar-refractivity contribution in [1.82, 2.24) is 9.88 Å². The summed E-state index contributed by atoms with van der Waals surface area (Å²) >= 11 is 1.85. The van der Waals surface area contributed by atoms with Crippen molar-refractivity contribution >= 4 is 21.6 Å². The maximum Gasteiger partial charge on any atom is 0.111 e. The molecule has 1 unspecified atom stereocenters. The summed E-state index contributed by atoms with van der Waals surface area (Å²) in [6.07, 6.45) is 2.56. The molecule has 2 nitrogen and oxygen atoms in total. The minimum Gasteiger partial charge on any atom is -0.297 e. The second-order valence-corrected chi connectivity index (χ2v) is 5.22. The van der Waals surface area contributed by atoms with E-state index in [1.807, 2.05) is 11.3 Å². The Kier molecular flexibility index (Phi) is 2.22. The van der Waals surface area contributed by atoms with Crippen molar-refractivity contribution < 1.29 is 0 Å². The van der Waals surface area contributed by atoms with Gasteiger partial charge in [0, 0.05) is 0 Å². The normalized spacial score (nSPS) is 22.6. The van der Waals surface area contributed by atoms with Crippen LogP contribution >= 0.6 is 11.3 Å². The van der Waals surface area contributed by atoms with E-state index in [9.17, 15) is 0 Å². The summed E-state index contributed by atoms with van der Waals surface area (Å²) in [5.74, 6) is 0. The maximum absolute atomic E-state index is 4.72. The lowest BCUT2D eigenvalue weighted by atomic mass is 10.2. The SMILES string of the molecule is CN1CCCC1c1nc2ccccc2s1. The summed E-state index contributed by atoms with van der Waals surface area (Å²) in [7, 11) is 2.20. The highest BCUT2D eigenvalue weighted by Gasteiger charge is 2.25. The molecule has 1 aromatic carbocycles. The van der Waals surface area contributed by atoms with Gasteiger partial charge in [0.25, 0.3) is 0 Å². The molecule has 78 valence electrons. The highest BCUT2D eigenvalue weighted by molar-refractivity contribution is 7.18. The zero-order chi connectivity index (χ0) is 10.3. The van der Waals surface area contributed by atoms with Crippen molar-refractivity contribution in [2.45, 2.75) is 18.9 Å². The fourth-order valence-corrected chi connectivity index (χ4v) is 3.42. The molecule has 3 rings (SSSR count). The first-order valence-corrected chi connectivity index (χ1v) is 6.22. The summed E-state index contributed by atoms with van der Waals surface area (Å²) in [4.78, 5) is 7.14. The maximum atomic E-state index is 4.72. The Morgan fingerprint density at radius 1 is 1.40 bits per heavy atom. The third-order valence-electron chi connectivity index (χ3n) is 3.12. The number of para-hydroxylation sites is 1. The van der Waals surface area contributed by atoms with E-state index >= 15 is 0 Å². The number of thiazole rings is 1. The Morgan fingerprint density at radius 3 is 3.00 bits per heavy atom. The predicted molar refractivity (Wildman–Crippen MR) is 64.2 cm³/mol. The van der Waals surface area contributed by atoms with Gasteiger partial charge in [-0.2, -0.15) is 0 Å². The number of hydrogen-bond acceptors (Lipinski definition) is 3. The zero-order valence-corrected chi connectivity index (χ0v) is 9.63. The van der Waals surface area contributed by atoms with Crippen molar-refractivity contribution in [1.29, 1.82) is 0 Å². The molecule has 0 spiro atoms. The molecule has 0 N–H and O–H groups in total. The van der Waals surface area contributed by atoms with Crippen molar-refractivity contribution in [3.05, 3.63) is 29.3 Å². The number of aromatic nitrogens is 1. The fourth-order valence-electron chi connectivity index (χ4n) is 2.25. The van der Waals surface area contributed by atoms with E-state index in [0.29, 0.717) is 6.04 Å². The van der Waals surface area contributed by atoms with Gasteiger partial charge in [0.2, 0.25) is 0 Å². The van der Waals surface area contributed by atoms with Crippen molar-refractivity contribution in [2.75, 3.05) is 13.6 Å². The fraction of sp³-hybridized carbons (Fsp3) is 0.417. The summed E-state index contributed by atoms with van der Waals surface area (Å²) in [5, 5.41) is 1.29. The second-order valence-electron chi connectivity index (χ2n) is 4.16. The van der Waals surface area contributed by atoms with Gasteiger partial charge in [-0.15, -0.1) is 11.3 Å². The van der Waals surface area contributed by atoms with E-state index in [0.717, 1.165) is 5.52 Å². The molecule has 1 aliphatic heterocycles. The molecule has 1 aromatic heterocycles. The van der Waals surface area contributed by atoms with Crippen LogP contribution in [0.25, 0.3) is 10.2 Å². The van der Waals surface area contributed by atoms with Crippen LogP contribution in [0, 0.1) is 0 Å². The van der Waals surface area contributed by atoms with E-state index < -0.39 is 0 Å². The lowest BCUT2D eigenvalue weighted by molar-refractivity contribution is 0.317.